The van der Waals surface area contributed by atoms with Crippen LogP contribution in [-0.4, -0.2) is 75.3 Å². The van der Waals surface area contributed by atoms with Gasteiger partial charge in [-0.2, -0.15) is 0 Å². The Morgan fingerprint density at radius 3 is 2.59 bits per heavy atom. The van der Waals surface area contributed by atoms with Gasteiger partial charge in [-0.1, -0.05) is 23.7 Å². The van der Waals surface area contributed by atoms with Crippen molar-refractivity contribution in [1.29, 1.82) is 0 Å². The second-order valence-corrected chi connectivity index (χ2v) is 8.81. The summed E-state index contributed by atoms with van der Waals surface area (Å²) in [4.78, 5) is 13.4. The SMILES string of the molecule is COc1ccc2c(C(=O)N[C@@]3(CO)C(O)OC(CO)C[C@@H]3O)cn(Cc3ccc(Cl)cc3)c2c1. The number of ether oxygens (including phenoxy) is 2. The van der Waals surface area contributed by atoms with E-state index in [0.29, 0.717) is 22.7 Å². The Morgan fingerprint density at radius 2 is 1.97 bits per heavy atom. The molecule has 1 aromatic heterocycles. The number of amides is 1. The molecular weight excluding hydrogens is 464 g/mol. The van der Waals surface area contributed by atoms with Gasteiger partial charge in [-0.15, -0.1) is 0 Å². The van der Waals surface area contributed by atoms with Crippen LogP contribution in [0.2, 0.25) is 5.02 Å². The third-order valence-corrected chi connectivity index (χ3v) is 6.51. The Bertz CT molecular complexity index is 1150. The third-order valence-electron chi connectivity index (χ3n) is 6.25. The molecule has 2 unspecified atom stereocenters. The Labute approximate surface area is 201 Å². The fourth-order valence-corrected chi connectivity index (χ4v) is 4.37. The molecule has 1 fully saturated rings. The van der Waals surface area contributed by atoms with Crippen molar-refractivity contribution in [1.82, 2.24) is 9.88 Å². The highest BCUT2D eigenvalue weighted by Crippen LogP contribution is 2.31. The van der Waals surface area contributed by atoms with Gasteiger partial charge in [0, 0.05) is 35.6 Å². The van der Waals surface area contributed by atoms with Gasteiger partial charge in [0.25, 0.3) is 5.91 Å². The minimum atomic E-state index is -1.85. The summed E-state index contributed by atoms with van der Waals surface area (Å²) in [6.45, 7) is -0.730. The molecule has 0 saturated carbocycles. The van der Waals surface area contributed by atoms with E-state index in [4.69, 9.17) is 21.1 Å². The van der Waals surface area contributed by atoms with E-state index in [1.54, 1.807) is 37.6 Å². The largest absolute Gasteiger partial charge is 0.497 e. The Kier molecular flexibility index (Phi) is 7.13. The van der Waals surface area contributed by atoms with E-state index >= 15 is 0 Å². The standard InChI is InChI=1S/C24H27ClN2O7/c1-33-16-6-7-18-19(11-27(20(18)8-16)10-14-2-4-15(25)5-3-14)22(31)26-24(13-29)21(30)9-17(12-28)34-23(24)32/h2-8,11,17,21,23,28-30,32H,9-10,12-13H2,1H3,(H,26,31)/t17?,21-,23?,24+/m0/s1. The topological polar surface area (TPSA) is 133 Å². The number of rotatable bonds is 7. The van der Waals surface area contributed by atoms with E-state index in [1.807, 2.05) is 22.8 Å². The molecule has 4 atom stereocenters. The van der Waals surface area contributed by atoms with Gasteiger partial charge in [-0.3, -0.25) is 4.79 Å². The molecule has 1 aliphatic heterocycles. The van der Waals surface area contributed by atoms with Crippen molar-refractivity contribution >= 4 is 28.4 Å². The van der Waals surface area contributed by atoms with Crippen LogP contribution < -0.4 is 10.1 Å². The lowest BCUT2D eigenvalue weighted by Gasteiger charge is -2.46. The molecule has 2 heterocycles. The van der Waals surface area contributed by atoms with Crippen LogP contribution in [-0.2, 0) is 11.3 Å². The molecule has 34 heavy (non-hydrogen) atoms. The number of nitrogens with one attached hydrogen (secondary N) is 1. The van der Waals surface area contributed by atoms with Gasteiger partial charge >= 0.3 is 0 Å². The number of aliphatic hydroxyl groups excluding tert-OH is 4. The summed E-state index contributed by atoms with van der Waals surface area (Å²) < 4.78 is 12.5. The van der Waals surface area contributed by atoms with Gasteiger partial charge in [0.05, 0.1) is 43.6 Å². The first-order valence-electron chi connectivity index (χ1n) is 10.8. The third kappa shape index (κ3) is 4.50. The average molecular weight is 491 g/mol. The Balaban J connectivity index is 1.70. The summed E-state index contributed by atoms with van der Waals surface area (Å²) >= 11 is 5.99. The van der Waals surface area contributed by atoms with Crippen molar-refractivity contribution in [3.63, 3.8) is 0 Å². The van der Waals surface area contributed by atoms with Gasteiger partial charge in [-0.25, -0.2) is 0 Å². The number of aromatic nitrogens is 1. The number of aliphatic hydroxyl groups is 4. The van der Waals surface area contributed by atoms with Crippen molar-refractivity contribution < 1.29 is 34.7 Å². The van der Waals surface area contributed by atoms with E-state index < -0.39 is 43.2 Å². The molecule has 3 aromatic rings. The molecule has 1 saturated heterocycles. The van der Waals surface area contributed by atoms with Crippen LogP contribution in [0.3, 0.4) is 0 Å². The minimum Gasteiger partial charge on any atom is -0.497 e. The average Bonchev–Trinajstić information content (AvgIpc) is 3.20. The number of methoxy groups -OCH3 is 1. The summed E-state index contributed by atoms with van der Waals surface area (Å²) in [6.07, 6.45) is -2.27. The number of carbonyl (C=O) groups is 1. The van der Waals surface area contributed by atoms with E-state index in [0.717, 1.165) is 11.1 Å². The number of hydrogen-bond donors (Lipinski definition) is 5. The molecule has 4 rings (SSSR count). The Hall–Kier alpha value is -2.66. The van der Waals surface area contributed by atoms with Gasteiger partial charge in [0.1, 0.15) is 11.3 Å². The summed E-state index contributed by atoms with van der Waals surface area (Å²) in [7, 11) is 1.55. The monoisotopic (exact) mass is 490 g/mol. The second-order valence-electron chi connectivity index (χ2n) is 8.38. The lowest BCUT2D eigenvalue weighted by atomic mass is 9.85. The molecule has 1 amide bonds. The van der Waals surface area contributed by atoms with Crippen molar-refractivity contribution in [3.05, 3.63) is 64.8 Å². The minimum absolute atomic E-state index is 0.0656. The highest BCUT2D eigenvalue weighted by Gasteiger charge is 2.51. The van der Waals surface area contributed by atoms with Crippen molar-refractivity contribution in [2.75, 3.05) is 20.3 Å². The van der Waals surface area contributed by atoms with E-state index in [2.05, 4.69) is 5.32 Å². The maximum absolute atomic E-state index is 13.4. The number of halogens is 1. The van der Waals surface area contributed by atoms with Gasteiger partial charge in [0.2, 0.25) is 0 Å². The number of fused-ring (bicyclic) bond motifs is 1. The maximum Gasteiger partial charge on any atom is 0.254 e. The maximum atomic E-state index is 13.4. The molecule has 5 N–H and O–H groups in total. The van der Waals surface area contributed by atoms with Crippen LogP contribution >= 0.6 is 11.6 Å². The lowest BCUT2D eigenvalue weighted by molar-refractivity contribution is -0.253. The first kappa shape index (κ1) is 24.5. The zero-order chi connectivity index (χ0) is 24.5. The quantitative estimate of drug-likeness (QED) is 0.337. The zero-order valence-electron chi connectivity index (χ0n) is 18.5. The highest BCUT2D eigenvalue weighted by atomic mass is 35.5. The molecule has 9 nitrogen and oxygen atoms in total. The lowest BCUT2D eigenvalue weighted by Crippen LogP contribution is -2.70. The molecule has 2 aromatic carbocycles. The first-order valence-corrected chi connectivity index (χ1v) is 11.2. The fraction of sp³-hybridized carbons (Fsp3) is 0.375. The van der Waals surface area contributed by atoms with Crippen LogP contribution in [0, 0.1) is 0 Å². The predicted octanol–water partition coefficient (Wildman–Crippen LogP) is 1.27. The molecule has 182 valence electrons. The van der Waals surface area contributed by atoms with Crippen molar-refractivity contribution in [3.8, 4) is 5.75 Å². The van der Waals surface area contributed by atoms with Crippen LogP contribution in [0.5, 0.6) is 5.75 Å². The first-order chi connectivity index (χ1) is 16.3. The molecule has 0 bridgehead atoms. The number of hydrogen-bond acceptors (Lipinski definition) is 7. The predicted molar refractivity (Wildman–Crippen MR) is 125 cm³/mol. The number of carbonyl (C=O) groups excluding carboxylic acids is 1. The molecule has 1 aliphatic rings. The van der Waals surface area contributed by atoms with Gasteiger partial charge < -0.3 is 39.8 Å². The van der Waals surface area contributed by atoms with Gasteiger partial charge in [-0.05, 0) is 29.8 Å². The second kappa shape index (κ2) is 9.91. The smallest absolute Gasteiger partial charge is 0.254 e. The van der Waals surface area contributed by atoms with Gasteiger partial charge in [0.15, 0.2) is 6.29 Å². The normalized spacial score (nSPS) is 24.8. The highest BCUT2D eigenvalue weighted by molar-refractivity contribution is 6.30. The van der Waals surface area contributed by atoms with Crippen molar-refractivity contribution in [2.45, 2.75) is 37.0 Å². The zero-order valence-corrected chi connectivity index (χ0v) is 19.3. The summed E-state index contributed by atoms with van der Waals surface area (Å²) in [5.41, 5.74) is 0.131. The van der Waals surface area contributed by atoms with E-state index in [-0.39, 0.29) is 12.0 Å². The fourth-order valence-electron chi connectivity index (χ4n) is 4.24. The summed E-state index contributed by atoms with van der Waals surface area (Å²) in [5.74, 6) is 0.00605. The number of nitrogens with zero attached hydrogens (tertiary/aromatic N) is 1. The molecule has 0 aliphatic carbocycles. The molecular formula is C24H27ClN2O7. The van der Waals surface area contributed by atoms with E-state index in [9.17, 15) is 25.2 Å². The van der Waals surface area contributed by atoms with Crippen LogP contribution in [0.25, 0.3) is 10.9 Å². The number of benzene rings is 2. The Morgan fingerprint density at radius 1 is 1.24 bits per heavy atom. The van der Waals surface area contributed by atoms with Crippen LogP contribution in [0.4, 0.5) is 0 Å². The summed E-state index contributed by atoms with van der Waals surface area (Å²) in [6, 6.07) is 12.6. The molecule has 0 spiro atoms. The molecule has 0 radical (unpaired) electrons. The van der Waals surface area contributed by atoms with Crippen LogP contribution in [0.15, 0.2) is 48.7 Å². The van der Waals surface area contributed by atoms with Crippen molar-refractivity contribution in [2.24, 2.45) is 0 Å². The summed E-state index contributed by atoms with van der Waals surface area (Å²) in [5, 5.41) is 44.3. The van der Waals surface area contributed by atoms with E-state index in [1.165, 1.54) is 0 Å². The molecule has 10 heteroatoms. The van der Waals surface area contributed by atoms with Crippen LogP contribution in [0.1, 0.15) is 22.3 Å².